The molecular formula is C13H19N3O6S. The molecular weight excluding hydrogens is 326 g/mol. The summed E-state index contributed by atoms with van der Waals surface area (Å²) >= 11 is 0. The Morgan fingerprint density at radius 3 is 2.48 bits per heavy atom. The van der Waals surface area contributed by atoms with Gasteiger partial charge in [0, 0.05) is 12.6 Å². The van der Waals surface area contributed by atoms with Crippen molar-refractivity contribution < 1.29 is 28.0 Å². The van der Waals surface area contributed by atoms with Gasteiger partial charge in [-0.2, -0.15) is 9.79 Å². The summed E-state index contributed by atoms with van der Waals surface area (Å²) in [6.45, 7) is 0.0420. The summed E-state index contributed by atoms with van der Waals surface area (Å²) in [5.74, 6) is -0.267. The Labute approximate surface area is 134 Å². The van der Waals surface area contributed by atoms with Gasteiger partial charge in [-0.3, -0.25) is 10.0 Å². The van der Waals surface area contributed by atoms with Crippen molar-refractivity contribution in [3.63, 3.8) is 0 Å². The molecule has 0 aromatic heterocycles. The number of nitrogens with zero attached hydrogens (tertiary/aromatic N) is 1. The summed E-state index contributed by atoms with van der Waals surface area (Å²) in [4.78, 5) is 16.6. The van der Waals surface area contributed by atoms with Crippen LogP contribution in [0.2, 0.25) is 0 Å². The maximum absolute atomic E-state index is 12.8. The van der Waals surface area contributed by atoms with Gasteiger partial charge in [-0.05, 0) is 30.7 Å². The molecule has 1 fully saturated rings. The molecule has 1 aliphatic heterocycles. The molecule has 9 nitrogen and oxygen atoms in total. The van der Waals surface area contributed by atoms with Gasteiger partial charge in [-0.15, -0.1) is 0 Å². The minimum Gasteiger partial charge on any atom is -0.497 e. The molecule has 1 saturated heterocycles. The first-order valence-corrected chi connectivity index (χ1v) is 8.26. The molecule has 1 amide bonds. The summed E-state index contributed by atoms with van der Waals surface area (Å²) < 4.78 is 31.6. The number of benzene rings is 1. The average molecular weight is 345 g/mol. The van der Waals surface area contributed by atoms with Crippen LogP contribution in [0.1, 0.15) is 6.42 Å². The van der Waals surface area contributed by atoms with Crippen LogP contribution in [-0.2, 0) is 19.7 Å². The molecule has 0 aliphatic carbocycles. The summed E-state index contributed by atoms with van der Waals surface area (Å²) in [5.41, 5.74) is 4.15. The number of hydroxylamine groups is 2. The normalized spacial score (nSPS) is 22.0. The molecule has 1 aromatic rings. The zero-order chi connectivity index (χ0) is 17.0. The third-order valence-corrected chi connectivity index (χ3v) is 5.51. The average Bonchev–Trinajstić information content (AvgIpc) is 2.99. The lowest BCUT2D eigenvalue weighted by Crippen LogP contribution is -2.45. The van der Waals surface area contributed by atoms with Gasteiger partial charge in [-0.1, -0.05) is 0 Å². The number of amides is 1. The second kappa shape index (κ2) is 7.23. The molecule has 0 saturated carbocycles. The van der Waals surface area contributed by atoms with Crippen molar-refractivity contribution in [2.45, 2.75) is 23.4 Å². The smallest absolute Gasteiger partial charge is 0.261 e. The Morgan fingerprint density at radius 1 is 1.30 bits per heavy atom. The Morgan fingerprint density at radius 2 is 1.96 bits per heavy atom. The van der Waals surface area contributed by atoms with Crippen LogP contribution in [0.15, 0.2) is 29.2 Å². The predicted octanol–water partition coefficient (Wildman–Crippen LogP) is -0.517. The molecule has 1 aliphatic rings. The van der Waals surface area contributed by atoms with Gasteiger partial charge in [0.05, 0.1) is 19.1 Å². The fraction of sp³-hybridized carbons (Fsp3) is 0.462. The maximum Gasteiger partial charge on any atom is 0.261 e. The van der Waals surface area contributed by atoms with E-state index in [0.717, 1.165) is 4.31 Å². The summed E-state index contributed by atoms with van der Waals surface area (Å²) in [5, 5.41) is 8.84. The lowest BCUT2D eigenvalue weighted by atomic mass is 10.2. The molecule has 10 heteroatoms. The van der Waals surface area contributed by atoms with Gasteiger partial charge in [0.1, 0.15) is 11.8 Å². The first-order chi connectivity index (χ1) is 10.9. The van der Waals surface area contributed by atoms with Crippen molar-refractivity contribution >= 4 is 15.9 Å². The molecule has 23 heavy (non-hydrogen) atoms. The molecule has 2 atom stereocenters. The summed E-state index contributed by atoms with van der Waals surface area (Å²) in [7, 11) is -1.03. The van der Waals surface area contributed by atoms with Crippen molar-refractivity contribution in [2.75, 3.05) is 20.8 Å². The van der Waals surface area contributed by atoms with E-state index in [0.29, 0.717) is 5.75 Å². The Balaban J connectivity index is 2.32. The van der Waals surface area contributed by atoms with Gasteiger partial charge in [0.25, 0.3) is 5.91 Å². The van der Waals surface area contributed by atoms with Gasteiger partial charge >= 0.3 is 0 Å². The van der Waals surface area contributed by atoms with E-state index in [-0.39, 0.29) is 23.9 Å². The van der Waals surface area contributed by atoms with E-state index in [1.54, 1.807) is 0 Å². The van der Waals surface area contributed by atoms with Crippen molar-refractivity contribution in [1.29, 1.82) is 0 Å². The Hall–Kier alpha value is -1.72. The minimum atomic E-state index is -3.91. The van der Waals surface area contributed by atoms with E-state index < -0.39 is 22.0 Å². The SMILES string of the molecule is CON[C@H]1C[C@H](C(=O)NO)N(S(=O)(=O)c2ccc(OC)cc2)C1. The maximum atomic E-state index is 12.8. The number of hydrogen-bond acceptors (Lipinski definition) is 7. The lowest BCUT2D eigenvalue weighted by molar-refractivity contribution is -0.132. The van der Waals surface area contributed by atoms with Gasteiger partial charge in [0.15, 0.2) is 0 Å². The van der Waals surface area contributed by atoms with E-state index in [1.165, 1.54) is 44.0 Å². The fourth-order valence-corrected chi connectivity index (χ4v) is 4.16. The lowest BCUT2D eigenvalue weighted by Gasteiger charge is -2.22. The molecule has 128 valence electrons. The molecule has 0 radical (unpaired) electrons. The molecule has 0 unspecified atom stereocenters. The standard InChI is InChI=1S/C13H19N3O6S/c1-21-10-3-5-11(6-4-10)23(19,20)16-8-9(15-22-2)7-12(16)13(17)14-18/h3-6,9,12,15,18H,7-8H2,1-2H3,(H,14,17)/t9-,12+/m0/s1. The van der Waals surface area contributed by atoms with E-state index >= 15 is 0 Å². The van der Waals surface area contributed by atoms with Crippen molar-refractivity contribution in [3.8, 4) is 5.75 Å². The van der Waals surface area contributed by atoms with Crippen LogP contribution in [0.3, 0.4) is 0 Å². The van der Waals surface area contributed by atoms with E-state index in [4.69, 9.17) is 14.8 Å². The number of carbonyl (C=O) groups excluding carboxylic acids is 1. The van der Waals surface area contributed by atoms with Gasteiger partial charge in [-0.25, -0.2) is 13.9 Å². The Bertz CT molecular complexity index is 648. The number of ether oxygens (including phenoxy) is 1. The summed E-state index contributed by atoms with van der Waals surface area (Å²) in [6, 6.07) is 4.46. The second-order valence-electron chi connectivity index (χ2n) is 5.00. The molecule has 1 aromatic carbocycles. The number of nitrogens with one attached hydrogen (secondary N) is 2. The molecule has 0 spiro atoms. The zero-order valence-electron chi connectivity index (χ0n) is 12.7. The predicted molar refractivity (Wildman–Crippen MR) is 79.2 cm³/mol. The van der Waals surface area contributed by atoms with Crippen LogP contribution in [0.5, 0.6) is 5.75 Å². The fourth-order valence-electron chi connectivity index (χ4n) is 2.52. The molecule has 2 rings (SSSR count). The highest BCUT2D eigenvalue weighted by Crippen LogP contribution is 2.27. The van der Waals surface area contributed by atoms with E-state index in [1.807, 2.05) is 0 Å². The van der Waals surface area contributed by atoms with Crippen molar-refractivity contribution in [1.82, 2.24) is 15.3 Å². The van der Waals surface area contributed by atoms with Crippen LogP contribution < -0.4 is 15.7 Å². The molecule has 0 bridgehead atoms. The van der Waals surface area contributed by atoms with Crippen molar-refractivity contribution in [2.24, 2.45) is 0 Å². The third kappa shape index (κ3) is 3.62. The number of carbonyl (C=O) groups is 1. The highest BCUT2D eigenvalue weighted by molar-refractivity contribution is 7.89. The highest BCUT2D eigenvalue weighted by Gasteiger charge is 2.44. The summed E-state index contributed by atoms with van der Waals surface area (Å²) in [6.07, 6.45) is 0.176. The van der Waals surface area contributed by atoms with Crippen LogP contribution in [0.25, 0.3) is 0 Å². The van der Waals surface area contributed by atoms with Crippen molar-refractivity contribution in [3.05, 3.63) is 24.3 Å². The first-order valence-electron chi connectivity index (χ1n) is 6.82. The first kappa shape index (κ1) is 17.6. The van der Waals surface area contributed by atoms with E-state index in [9.17, 15) is 13.2 Å². The monoisotopic (exact) mass is 345 g/mol. The zero-order valence-corrected chi connectivity index (χ0v) is 13.5. The minimum absolute atomic E-state index is 0.0344. The second-order valence-corrected chi connectivity index (χ2v) is 6.89. The number of rotatable bonds is 6. The quantitative estimate of drug-likeness (QED) is 0.469. The van der Waals surface area contributed by atoms with Gasteiger partial charge < -0.3 is 9.57 Å². The van der Waals surface area contributed by atoms with Gasteiger partial charge in [0.2, 0.25) is 10.0 Å². The van der Waals surface area contributed by atoms with Crippen LogP contribution in [0.4, 0.5) is 0 Å². The number of methoxy groups -OCH3 is 1. The van der Waals surface area contributed by atoms with Crippen LogP contribution in [-0.4, -0.2) is 56.7 Å². The number of hydrogen-bond donors (Lipinski definition) is 3. The largest absolute Gasteiger partial charge is 0.497 e. The highest BCUT2D eigenvalue weighted by atomic mass is 32.2. The van der Waals surface area contributed by atoms with Crippen LogP contribution >= 0.6 is 0 Å². The Kier molecular flexibility index (Phi) is 5.55. The van der Waals surface area contributed by atoms with E-state index in [2.05, 4.69) is 5.48 Å². The number of sulfonamides is 1. The topological polar surface area (TPSA) is 117 Å². The van der Waals surface area contributed by atoms with Crippen LogP contribution in [0, 0.1) is 0 Å². The third-order valence-electron chi connectivity index (χ3n) is 3.62. The molecule has 1 heterocycles. The molecule has 3 N–H and O–H groups in total.